The molecular formula is C17H24N4O2S. The van der Waals surface area contributed by atoms with Gasteiger partial charge < -0.3 is 19.6 Å². The van der Waals surface area contributed by atoms with Gasteiger partial charge in [-0.25, -0.2) is 9.97 Å². The van der Waals surface area contributed by atoms with Crippen LogP contribution in [-0.2, 0) is 4.74 Å². The summed E-state index contributed by atoms with van der Waals surface area (Å²) in [7, 11) is 0. The summed E-state index contributed by atoms with van der Waals surface area (Å²) in [6.07, 6.45) is 2.45. The van der Waals surface area contributed by atoms with Crippen molar-refractivity contribution >= 4 is 27.4 Å². The molecule has 2 aromatic rings. The van der Waals surface area contributed by atoms with Crippen molar-refractivity contribution in [1.82, 2.24) is 14.9 Å². The van der Waals surface area contributed by atoms with Gasteiger partial charge in [0.2, 0.25) is 0 Å². The Morgan fingerprint density at radius 3 is 2.96 bits per heavy atom. The zero-order valence-corrected chi connectivity index (χ0v) is 14.9. The highest BCUT2D eigenvalue weighted by atomic mass is 32.1. The third kappa shape index (κ3) is 3.26. The number of rotatable bonds is 3. The van der Waals surface area contributed by atoms with Crippen LogP contribution in [-0.4, -0.2) is 71.5 Å². The largest absolute Gasteiger partial charge is 0.384 e. The second-order valence-electron chi connectivity index (χ2n) is 6.92. The highest BCUT2D eigenvalue weighted by molar-refractivity contribution is 7.16. The maximum Gasteiger partial charge on any atom is 0.141 e. The Hall–Kier alpha value is -1.28. The number of β-amino-alcohol motifs (C(OH)–C–C–N with tert-alkyl or cyclic N) is 1. The van der Waals surface area contributed by atoms with Crippen LogP contribution in [0.4, 0.5) is 5.82 Å². The third-order valence-corrected chi connectivity index (χ3v) is 5.60. The van der Waals surface area contributed by atoms with E-state index >= 15 is 0 Å². The van der Waals surface area contributed by atoms with Gasteiger partial charge in [0, 0.05) is 13.1 Å². The summed E-state index contributed by atoms with van der Waals surface area (Å²) in [6, 6.07) is 2.07. The fraction of sp³-hybridized carbons (Fsp3) is 0.647. The molecule has 4 rings (SSSR count). The topological polar surface area (TPSA) is 61.7 Å². The minimum absolute atomic E-state index is 0.386. The number of likely N-dealkylation sites (tertiary alicyclic amines) is 1. The zero-order valence-electron chi connectivity index (χ0n) is 14.1. The molecule has 0 amide bonds. The average molecular weight is 348 g/mol. The van der Waals surface area contributed by atoms with Crippen LogP contribution < -0.4 is 4.90 Å². The summed E-state index contributed by atoms with van der Waals surface area (Å²) < 4.78 is 5.74. The first-order chi connectivity index (χ1) is 11.6. The Balaban J connectivity index is 1.62. The second-order valence-corrected chi connectivity index (χ2v) is 7.81. The number of hydrogen-bond donors (Lipinski definition) is 1. The van der Waals surface area contributed by atoms with Gasteiger partial charge >= 0.3 is 0 Å². The second kappa shape index (κ2) is 6.55. The molecule has 2 aliphatic rings. The first kappa shape index (κ1) is 16.2. The smallest absolute Gasteiger partial charge is 0.141 e. The molecule has 0 spiro atoms. The minimum Gasteiger partial charge on any atom is -0.384 e. The first-order valence-corrected chi connectivity index (χ1v) is 9.50. The molecule has 1 atom stereocenters. The van der Waals surface area contributed by atoms with Crippen molar-refractivity contribution in [2.45, 2.75) is 25.4 Å². The number of nitrogens with zero attached hydrogens (tertiary/aromatic N) is 4. The molecule has 0 radical (unpaired) electrons. The number of hydrogen-bond acceptors (Lipinski definition) is 7. The van der Waals surface area contributed by atoms with Gasteiger partial charge in [0.25, 0.3) is 0 Å². The summed E-state index contributed by atoms with van der Waals surface area (Å²) in [5.74, 6) is 1.69. The van der Waals surface area contributed by atoms with Crippen molar-refractivity contribution < 1.29 is 9.84 Å². The van der Waals surface area contributed by atoms with E-state index in [-0.39, 0.29) is 0 Å². The lowest BCUT2D eigenvalue weighted by Gasteiger charge is -2.34. The third-order valence-electron chi connectivity index (χ3n) is 4.79. The van der Waals surface area contributed by atoms with Gasteiger partial charge in [0.15, 0.2) is 0 Å². The van der Waals surface area contributed by atoms with E-state index in [9.17, 15) is 5.11 Å². The standard InChI is InChI=1S/C17H24N4O2S/c1-13-18-15(14-4-9-24-16(14)19-13)21-7-8-23-12-17(22,11-21)10-20-5-2-3-6-20/h4,9,22H,2-3,5-8,10-12H2,1H3/t17-/m0/s1. The van der Waals surface area contributed by atoms with Crippen molar-refractivity contribution in [3.05, 3.63) is 17.3 Å². The SMILES string of the molecule is Cc1nc(N2CCOC[C@](O)(CN3CCCC3)C2)c2ccsc2n1. The van der Waals surface area contributed by atoms with E-state index in [1.807, 2.05) is 12.3 Å². The van der Waals surface area contributed by atoms with E-state index in [0.717, 1.165) is 41.5 Å². The molecule has 2 fully saturated rings. The minimum atomic E-state index is -0.859. The number of aryl methyl sites for hydroxylation is 1. The van der Waals surface area contributed by atoms with Crippen LogP contribution >= 0.6 is 11.3 Å². The van der Waals surface area contributed by atoms with Crippen molar-refractivity contribution in [3.63, 3.8) is 0 Å². The lowest BCUT2D eigenvalue weighted by Crippen LogP contribution is -2.52. The Bertz CT molecular complexity index is 716. The molecule has 2 aromatic heterocycles. The van der Waals surface area contributed by atoms with Crippen LogP contribution in [0.5, 0.6) is 0 Å². The van der Waals surface area contributed by atoms with Gasteiger partial charge in [-0.2, -0.15) is 0 Å². The van der Waals surface area contributed by atoms with Crippen LogP contribution in [0, 0.1) is 6.92 Å². The monoisotopic (exact) mass is 348 g/mol. The molecule has 6 nitrogen and oxygen atoms in total. The highest BCUT2D eigenvalue weighted by Crippen LogP contribution is 2.30. The molecule has 24 heavy (non-hydrogen) atoms. The molecule has 4 heterocycles. The summed E-state index contributed by atoms with van der Waals surface area (Å²) in [6.45, 7) is 7.02. The molecule has 0 aliphatic carbocycles. The Morgan fingerprint density at radius 1 is 1.29 bits per heavy atom. The number of ether oxygens (including phenoxy) is 1. The summed E-state index contributed by atoms with van der Waals surface area (Å²) in [4.78, 5) is 14.7. The maximum atomic E-state index is 11.2. The molecule has 0 aromatic carbocycles. The molecule has 7 heteroatoms. The molecule has 1 N–H and O–H groups in total. The number of aliphatic hydroxyl groups is 1. The van der Waals surface area contributed by atoms with Crippen molar-refractivity contribution in [1.29, 1.82) is 0 Å². The Morgan fingerprint density at radius 2 is 2.12 bits per heavy atom. The van der Waals surface area contributed by atoms with E-state index in [1.165, 1.54) is 12.8 Å². The van der Waals surface area contributed by atoms with Crippen molar-refractivity contribution in [2.24, 2.45) is 0 Å². The van der Waals surface area contributed by atoms with Gasteiger partial charge in [-0.05, 0) is 44.3 Å². The van der Waals surface area contributed by atoms with Crippen molar-refractivity contribution in [3.8, 4) is 0 Å². The zero-order chi connectivity index (χ0) is 16.6. The molecule has 2 aliphatic heterocycles. The van der Waals surface area contributed by atoms with E-state index in [2.05, 4.69) is 25.8 Å². The fourth-order valence-corrected chi connectivity index (χ4v) is 4.54. The lowest BCUT2D eigenvalue weighted by molar-refractivity contribution is -0.0439. The summed E-state index contributed by atoms with van der Waals surface area (Å²) in [5.41, 5.74) is -0.859. The Labute approximate surface area is 146 Å². The Kier molecular flexibility index (Phi) is 4.42. The van der Waals surface area contributed by atoms with Crippen LogP contribution in [0.2, 0.25) is 0 Å². The first-order valence-electron chi connectivity index (χ1n) is 8.62. The van der Waals surface area contributed by atoms with E-state index < -0.39 is 5.60 Å². The number of aromatic nitrogens is 2. The van der Waals surface area contributed by atoms with Gasteiger partial charge in [-0.15, -0.1) is 11.3 Å². The number of thiophene rings is 1. The number of fused-ring (bicyclic) bond motifs is 1. The average Bonchev–Trinajstić information content (AvgIpc) is 3.17. The molecule has 130 valence electrons. The predicted octanol–water partition coefficient (Wildman–Crippen LogP) is 1.66. The van der Waals surface area contributed by atoms with E-state index in [4.69, 9.17) is 4.74 Å². The van der Waals surface area contributed by atoms with Crippen LogP contribution in [0.1, 0.15) is 18.7 Å². The molecular weight excluding hydrogens is 324 g/mol. The fourth-order valence-electron chi connectivity index (χ4n) is 3.73. The highest BCUT2D eigenvalue weighted by Gasteiger charge is 2.36. The van der Waals surface area contributed by atoms with Gasteiger partial charge in [-0.1, -0.05) is 0 Å². The summed E-state index contributed by atoms with van der Waals surface area (Å²) >= 11 is 1.63. The van der Waals surface area contributed by atoms with Gasteiger partial charge in [0.1, 0.15) is 22.1 Å². The lowest BCUT2D eigenvalue weighted by atomic mass is 10.0. The quantitative estimate of drug-likeness (QED) is 0.910. The molecule has 0 bridgehead atoms. The van der Waals surface area contributed by atoms with E-state index in [0.29, 0.717) is 26.3 Å². The van der Waals surface area contributed by atoms with Crippen LogP contribution in [0.15, 0.2) is 11.4 Å². The van der Waals surface area contributed by atoms with E-state index in [1.54, 1.807) is 11.3 Å². The van der Waals surface area contributed by atoms with Crippen molar-refractivity contribution in [2.75, 3.05) is 50.8 Å². The predicted molar refractivity (Wildman–Crippen MR) is 95.8 cm³/mol. The summed E-state index contributed by atoms with van der Waals surface area (Å²) in [5, 5.41) is 14.3. The van der Waals surface area contributed by atoms with Crippen LogP contribution in [0.3, 0.4) is 0 Å². The number of anilines is 1. The normalized spacial score (nSPS) is 26.2. The van der Waals surface area contributed by atoms with Crippen LogP contribution in [0.25, 0.3) is 10.2 Å². The molecule has 0 saturated carbocycles. The molecule has 2 saturated heterocycles. The molecule has 0 unspecified atom stereocenters. The van der Waals surface area contributed by atoms with Gasteiger partial charge in [0.05, 0.1) is 25.1 Å². The van der Waals surface area contributed by atoms with Gasteiger partial charge in [-0.3, -0.25) is 0 Å². The maximum absolute atomic E-state index is 11.2.